The second kappa shape index (κ2) is 16.3. The Hall–Kier alpha value is -3.87. The molecule has 0 aromatic heterocycles. The molecule has 0 radical (unpaired) electrons. The molecule has 2 N–H and O–H groups in total. The summed E-state index contributed by atoms with van der Waals surface area (Å²) < 4.78 is 5.54. The quantitative estimate of drug-likeness (QED) is 0.181. The van der Waals surface area contributed by atoms with Crippen LogP contribution in [0, 0.1) is 12.8 Å². The van der Waals surface area contributed by atoms with E-state index in [1.807, 2.05) is 87.5 Å². The van der Waals surface area contributed by atoms with E-state index in [9.17, 15) is 14.4 Å². The van der Waals surface area contributed by atoms with E-state index in [-0.39, 0.29) is 17.7 Å². The molecule has 0 aliphatic heterocycles. The van der Waals surface area contributed by atoms with Gasteiger partial charge in [-0.25, -0.2) is 4.79 Å². The molecule has 3 unspecified atom stereocenters. The Morgan fingerprint density at radius 3 is 2.16 bits per heavy atom. The van der Waals surface area contributed by atoms with E-state index in [0.29, 0.717) is 18.7 Å². The zero-order chi connectivity index (χ0) is 32.3. The van der Waals surface area contributed by atoms with Gasteiger partial charge >= 0.3 is 6.09 Å². The smallest absolute Gasteiger partial charge is 0.408 e. The molecule has 0 spiro atoms. The molecule has 7 nitrogen and oxygen atoms in total. The summed E-state index contributed by atoms with van der Waals surface area (Å²) in [4.78, 5) is 43.4. The first-order valence-electron chi connectivity index (χ1n) is 16.1. The highest BCUT2D eigenvalue weighted by Crippen LogP contribution is 2.28. The minimum Gasteiger partial charge on any atom is -0.444 e. The third-order valence-electron chi connectivity index (χ3n) is 7.91. The maximum Gasteiger partial charge on any atom is 0.408 e. The number of hydrogen-bond donors (Lipinski definition) is 2. The van der Waals surface area contributed by atoms with E-state index < -0.39 is 23.8 Å². The molecule has 0 bridgehead atoms. The van der Waals surface area contributed by atoms with Crippen molar-refractivity contribution in [1.29, 1.82) is 0 Å². The molecule has 0 fully saturated rings. The van der Waals surface area contributed by atoms with Gasteiger partial charge in [-0.3, -0.25) is 9.59 Å². The molecule has 0 heterocycles. The molecule has 44 heavy (non-hydrogen) atoms. The van der Waals surface area contributed by atoms with Gasteiger partial charge in [0, 0.05) is 12.2 Å². The lowest BCUT2D eigenvalue weighted by atomic mass is 9.95. The summed E-state index contributed by atoms with van der Waals surface area (Å²) in [5.41, 5.74) is 1.72. The lowest BCUT2D eigenvalue weighted by molar-refractivity contribution is -0.142. The number of amides is 3. The summed E-state index contributed by atoms with van der Waals surface area (Å²) in [6.45, 7) is 13.8. The topological polar surface area (TPSA) is 87.7 Å². The number of nitrogens with one attached hydrogen (secondary N) is 2. The Morgan fingerprint density at radius 1 is 0.864 bits per heavy atom. The Bertz CT molecular complexity index is 1380. The zero-order valence-electron chi connectivity index (χ0n) is 27.6. The van der Waals surface area contributed by atoms with Crippen molar-refractivity contribution in [2.24, 2.45) is 5.92 Å². The second-order valence-electron chi connectivity index (χ2n) is 12.8. The van der Waals surface area contributed by atoms with Crippen molar-refractivity contribution in [1.82, 2.24) is 10.2 Å². The fourth-order valence-electron chi connectivity index (χ4n) is 5.25. The lowest BCUT2D eigenvalue weighted by Gasteiger charge is -2.36. The predicted octanol–water partition coefficient (Wildman–Crippen LogP) is 8.57. The van der Waals surface area contributed by atoms with Gasteiger partial charge in [0.2, 0.25) is 5.91 Å². The predicted molar refractivity (Wildman–Crippen MR) is 180 cm³/mol. The largest absolute Gasteiger partial charge is 0.444 e. The normalized spacial score (nSPS) is 13.5. The Labute approximate surface area is 263 Å². The highest BCUT2D eigenvalue weighted by atomic mass is 16.6. The van der Waals surface area contributed by atoms with Gasteiger partial charge in [-0.15, -0.1) is 0 Å². The minimum absolute atomic E-state index is 0.181. The number of carbonyl (C=O) groups is 3. The standard InChI is InChI=1S/C37H51N3O4/c1-8-10-11-12-15-24-40(35(42)32(27(4)9-2)39-36(43)44-37(5,6)7)33(29-20-18-26(3)19-21-29)34(41)38-31-23-22-28-16-13-14-17-30(28)25-31/h13-14,16-23,25,27,32-33H,8-12,15,24H2,1-7H3,(H,38,41)(H,39,43). The van der Waals surface area contributed by atoms with Crippen LogP contribution in [0.2, 0.25) is 0 Å². The van der Waals surface area contributed by atoms with Gasteiger partial charge in [0.15, 0.2) is 0 Å². The highest BCUT2D eigenvalue weighted by molar-refractivity contribution is 6.00. The first kappa shape index (κ1) is 34.6. The van der Waals surface area contributed by atoms with Crippen LogP contribution >= 0.6 is 0 Å². The average molecular weight is 602 g/mol. The minimum atomic E-state index is -0.896. The molecule has 3 atom stereocenters. The monoisotopic (exact) mass is 601 g/mol. The highest BCUT2D eigenvalue weighted by Gasteiger charge is 2.38. The van der Waals surface area contributed by atoms with Crippen LogP contribution in [0.1, 0.15) is 97.2 Å². The summed E-state index contributed by atoms with van der Waals surface area (Å²) in [6.07, 6.45) is 4.99. The van der Waals surface area contributed by atoms with Crippen LogP contribution in [0.4, 0.5) is 10.5 Å². The van der Waals surface area contributed by atoms with E-state index in [0.717, 1.165) is 54.0 Å². The molecule has 3 rings (SSSR count). The maximum atomic E-state index is 14.6. The van der Waals surface area contributed by atoms with E-state index in [1.54, 1.807) is 25.7 Å². The van der Waals surface area contributed by atoms with Gasteiger partial charge in [0.25, 0.3) is 5.91 Å². The summed E-state index contributed by atoms with van der Waals surface area (Å²) in [7, 11) is 0. The van der Waals surface area contributed by atoms with Crippen LogP contribution in [-0.4, -0.2) is 41.0 Å². The number of unbranched alkanes of at least 4 members (excludes halogenated alkanes) is 4. The van der Waals surface area contributed by atoms with Gasteiger partial charge in [-0.2, -0.15) is 0 Å². The summed E-state index contributed by atoms with van der Waals surface area (Å²) in [6, 6.07) is 19.8. The first-order chi connectivity index (χ1) is 20.9. The third kappa shape index (κ3) is 10.1. The van der Waals surface area contributed by atoms with Gasteiger partial charge < -0.3 is 20.3 Å². The SMILES string of the molecule is CCCCCCCN(C(=O)C(NC(=O)OC(C)(C)C)C(C)CC)C(C(=O)Nc1ccc2ccccc2c1)c1ccc(C)cc1. The van der Waals surface area contributed by atoms with Crippen LogP contribution in [0.15, 0.2) is 66.7 Å². The van der Waals surface area contributed by atoms with Crippen LogP contribution in [0.3, 0.4) is 0 Å². The molecular formula is C37H51N3O4. The van der Waals surface area contributed by atoms with Crippen molar-refractivity contribution in [3.8, 4) is 0 Å². The number of hydrogen-bond acceptors (Lipinski definition) is 4. The van der Waals surface area contributed by atoms with Crippen molar-refractivity contribution in [3.63, 3.8) is 0 Å². The molecule has 7 heteroatoms. The van der Waals surface area contributed by atoms with Gasteiger partial charge in [0.1, 0.15) is 17.7 Å². The molecule has 3 aromatic rings. The number of rotatable bonds is 14. The second-order valence-corrected chi connectivity index (χ2v) is 12.8. The van der Waals surface area contributed by atoms with Crippen LogP contribution in [0.25, 0.3) is 10.8 Å². The molecule has 3 amide bonds. The first-order valence-corrected chi connectivity index (χ1v) is 16.1. The molecule has 0 saturated carbocycles. The lowest BCUT2D eigenvalue weighted by Crippen LogP contribution is -2.55. The van der Waals surface area contributed by atoms with E-state index in [1.165, 1.54) is 0 Å². The summed E-state index contributed by atoms with van der Waals surface area (Å²) in [5.74, 6) is -0.772. The molecule has 238 valence electrons. The van der Waals surface area contributed by atoms with Gasteiger partial charge in [0.05, 0.1) is 0 Å². The maximum absolute atomic E-state index is 14.6. The van der Waals surface area contributed by atoms with Crippen molar-refractivity contribution in [2.45, 2.75) is 105 Å². The van der Waals surface area contributed by atoms with Gasteiger partial charge in [-0.1, -0.05) is 113 Å². The van der Waals surface area contributed by atoms with Crippen LogP contribution in [-0.2, 0) is 14.3 Å². The molecule has 3 aromatic carbocycles. The Balaban J connectivity index is 2.03. The Kier molecular flexibility index (Phi) is 12.8. The average Bonchev–Trinajstić information content (AvgIpc) is 2.98. The molecule has 0 aliphatic carbocycles. The molecular weight excluding hydrogens is 550 g/mol. The van der Waals surface area contributed by atoms with E-state index >= 15 is 0 Å². The number of aryl methyl sites for hydroxylation is 1. The number of carbonyl (C=O) groups excluding carboxylic acids is 3. The zero-order valence-corrected chi connectivity index (χ0v) is 27.6. The Morgan fingerprint density at radius 2 is 1.52 bits per heavy atom. The molecule has 0 aliphatic rings. The number of ether oxygens (including phenoxy) is 1. The summed E-state index contributed by atoms with van der Waals surface area (Å²) in [5, 5.41) is 8.05. The third-order valence-corrected chi connectivity index (χ3v) is 7.91. The molecule has 0 saturated heterocycles. The van der Waals surface area contributed by atoms with Crippen molar-refractivity contribution in [2.75, 3.05) is 11.9 Å². The summed E-state index contributed by atoms with van der Waals surface area (Å²) >= 11 is 0. The van der Waals surface area contributed by atoms with E-state index in [4.69, 9.17) is 4.74 Å². The van der Waals surface area contributed by atoms with Crippen molar-refractivity contribution < 1.29 is 19.1 Å². The van der Waals surface area contributed by atoms with Crippen molar-refractivity contribution in [3.05, 3.63) is 77.9 Å². The van der Waals surface area contributed by atoms with Crippen LogP contribution in [0.5, 0.6) is 0 Å². The number of benzene rings is 3. The van der Waals surface area contributed by atoms with Crippen LogP contribution < -0.4 is 10.6 Å². The fraction of sp³-hybridized carbons (Fsp3) is 0.486. The number of anilines is 1. The van der Waals surface area contributed by atoms with Gasteiger partial charge in [-0.05, 0) is 68.5 Å². The number of fused-ring (bicyclic) bond motifs is 1. The number of alkyl carbamates (subject to hydrolysis) is 1. The van der Waals surface area contributed by atoms with E-state index in [2.05, 4.69) is 17.6 Å². The number of nitrogens with zero attached hydrogens (tertiary/aromatic N) is 1. The fourth-order valence-corrected chi connectivity index (χ4v) is 5.25. The van der Waals surface area contributed by atoms with Crippen molar-refractivity contribution >= 4 is 34.4 Å².